The number of fused-ring (bicyclic) bond motifs is 1. The largest absolute Gasteiger partial charge is 0.332 e. The number of amides is 2. The molecule has 2 N–H and O–H groups in total. The number of carbonyl (C=O) groups excluding carboxylic acids is 3. The van der Waals surface area contributed by atoms with Crippen molar-refractivity contribution in [2.24, 2.45) is 0 Å². The summed E-state index contributed by atoms with van der Waals surface area (Å²) in [7, 11) is 3.56. The first-order chi connectivity index (χ1) is 22.1. The van der Waals surface area contributed by atoms with Crippen molar-refractivity contribution in [1.82, 2.24) is 10.6 Å². The molecule has 8 heteroatoms. The predicted molar refractivity (Wildman–Crippen MR) is 195 cm³/mol. The molecule has 5 nitrogen and oxygen atoms in total. The van der Waals surface area contributed by atoms with Crippen LogP contribution in [0.25, 0.3) is 32.3 Å². The van der Waals surface area contributed by atoms with Crippen LogP contribution in [0, 0.1) is 0 Å². The lowest BCUT2D eigenvalue weighted by Crippen LogP contribution is -2.36. The van der Waals surface area contributed by atoms with Gasteiger partial charge in [-0.05, 0) is 76.4 Å². The Kier molecular flexibility index (Phi) is 11.5. The lowest BCUT2D eigenvalue weighted by atomic mass is 9.90. The van der Waals surface area contributed by atoms with Gasteiger partial charge in [-0.1, -0.05) is 89.0 Å². The number of unbranched alkanes of at least 4 members (excludes halogenated alkanes) is 3. The zero-order valence-corrected chi connectivity index (χ0v) is 28.4. The Bertz CT molecular complexity index is 1610. The maximum absolute atomic E-state index is 12.4. The van der Waals surface area contributed by atoms with E-state index in [9.17, 15) is 14.4 Å². The molecule has 0 aromatic heterocycles. The molecule has 6 rings (SSSR count). The van der Waals surface area contributed by atoms with E-state index >= 15 is 0 Å². The first-order valence-corrected chi connectivity index (χ1v) is 20.2. The van der Waals surface area contributed by atoms with Gasteiger partial charge in [0.2, 0.25) is 0 Å². The van der Waals surface area contributed by atoms with E-state index < -0.39 is 0 Å². The number of carbonyl (C=O) groups is 3. The summed E-state index contributed by atoms with van der Waals surface area (Å²) in [5.41, 5.74) is 1.41. The summed E-state index contributed by atoms with van der Waals surface area (Å²) in [6.07, 6.45) is 10.8. The number of Topliss-reactive ketones (excluding diaryl/α,β-unsaturated/α-hetero) is 2. The molecular weight excluding hydrogens is 617 g/mol. The molecule has 4 aromatic carbocycles. The number of thioether (sulfide) groups is 1. The van der Waals surface area contributed by atoms with Crippen molar-refractivity contribution in [2.45, 2.75) is 94.4 Å². The molecule has 0 spiro atoms. The van der Waals surface area contributed by atoms with Gasteiger partial charge in [-0.15, -0.1) is 0 Å². The zero-order valence-electron chi connectivity index (χ0n) is 26.0. The summed E-state index contributed by atoms with van der Waals surface area (Å²) in [5, 5.41) is 14.6. The third kappa shape index (κ3) is 8.30. The summed E-state index contributed by atoms with van der Waals surface area (Å²) in [6.45, 7) is 0. The van der Waals surface area contributed by atoms with Gasteiger partial charge in [0.1, 0.15) is 11.6 Å². The van der Waals surface area contributed by atoms with Crippen LogP contribution in [0.15, 0.2) is 54.6 Å². The van der Waals surface area contributed by atoms with Crippen molar-refractivity contribution in [3.05, 3.63) is 60.2 Å². The van der Waals surface area contributed by atoms with E-state index in [1.165, 1.54) is 37.9 Å². The fourth-order valence-corrected chi connectivity index (χ4v) is 10.7. The molecular formula is C37H44N2O3S3. The third-order valence-electron chi connectivity index (χ3n) is 9.38. The Hall–Kier alpha value is -2.42. The molecule has 3 atom stereocenters. The highest BCUT2D eigenvalue weighted by Crippen LogP contribution is 2.36. The van der Waals surface area contributed by atoms with Gasteiger partial charge >= 0.3 is 6.03 Å². The quantitative estimate of drug-likeness (QED) is 0.0452. The molecule has 2 heterocycles. The highest BCUT2D eigenvalue weighted by molar-refractivity contribution is 8.76. The van der Waals surface area contributed by atoms with Crippen LogP contribution in [0.3, 0.4) is 0 Å². The molecule has 238 valence electrons. The van der Waals surface area contributed by atoms with Crippen molar-refractivity contribution in [3.63, 3.8) is 0 Å². The molecule has 0 aliphatic carbocycles. The number of hydrogen-bond donors (Lipinski definition) is 2. The Morgan fingerprint density at radius 3 is 2.24 bits per heavy atom. The van der Waals surface area contributed by atoms with Crippen molar-refractivity contribution in [1.29, 1.82) is 0 Å². The highest BCUT2D eigenvalue weighted by atomic mass is 33.1. The Morgan fingerprint density at radius 1 is 0.711 bits per heavy atom. The van der Waals surface area contributed by atoms with Gasteiger partial charge in [-0.25, -0.2) is 4.79 Å². The number of rotatable bonds is 19. The monoisotopic (exact) mass is 660 g/mol. The predicted octanol–water partition coefficient (Wildman–Crippen LogP) is 9.10. The minimum atomic E-state index is -0.0356. The number of ketones is 2. The van der Waals surface area contributed by atoms with Crippen molar-refractivity contribution in [3.8, 4) is 0 Å². The van der Waals surface area contributed by atoms with Crippen LogP contribution in [-0.2, 0) is 16.0 Å². The molecule has 0 bridgehead atoms. The van der Waals surface area contributed by atoms with Gasteiger partial charge in [0.25, 0.3) is 0 Å². The summed E-state index contributed by atoms with van der Waals surface area (Å²) < 4.78 is 0. The normalized spacial score (nSPS) is 19.4. The lowest BCUT2D eigenvalue weighted by Gasteiger charge is -2.16. The van der Waals surface area contributed by atoms with Crippen LogP contribution in [0.4, 0.5) is 4.79 Å². The van der Waals surface area contributed by atoms with E-state index in [4.69, 9.17) is 0 Å². The molecule has 2 aliphatic rings. The number of aryl methyl sites for hydroxylation is 1. The van der Waals surface area contributed by atoms with Gasteiger partial charge in [0.05, 0.1) is 12.1 Å². The molecule has 0 unspecified atom stereocenters. The van der Waals surface area contributed by atoms with Gasteiger partial charge in [0, 0.05) is 48.2 Å². The lowest BCUT2D eigenvalue weighted by molar-refractivity contribution is -0.119. The molecule has 2 saturated heterocycles. The third-order valence-corrected chi connectivity index (χ3v) is 13.4. The van der Waals surface area contributed by atoms with Crippen LogP contribution in [0.1, 0.15) is 76.2 Å². The van der Waals surface area contributed by atoms with Crippen molar-refractivity contribution < 1.29 is 14.4 Å². The summed E-state index contributed by atoms with van der Waals surface area (Å²) in [5.74, 6) is 3.54. The molecule has 2 fully saturated rings. The Balaban J connectivity index is 0.777. The maximum atomic E-state index is 12.4. The topological polar surface area (TPSA) is 75.3 Å². The molecule has 0 saturated carbocycles. The minimum Gasteiger partial charge on any atom is -0.332 e. The van der Waals surface area contributed by atoms with Crippen molar-refractivity contribution >= 4 is 83.3 Å². The molecule has 0 radical (unpaired) electrons. The molecule has 4 aromatic rings. The fourth-order valence-electron chi connectivity index (χ4n) is 6.99. The van der Waals surface area contributed by atoms with Gasteiger partial charge < -0.3 is 10.6 Å². The fraction of sp³-hybridized carbons (Fsp3) is 0.486. The van der Waals surface area contributed by atoms with Crippen LogP contribution in [-0.4, -0.2) is 52.2 Å². The minimum absolute atomic E-state index is 0.0356. The van der Waals surface area contributed by atoms with Crippen LogP contribution >= 0.6 is 33.3 Å². The van der Waals surface area contributed by atoms with Crippen LogP contribution < -0.4 is 10.6 Å². The van der Waals surface area contributed by atoms with Gasteiger partial charge in [-0.3, -0.25) is 9.59 Å². The number of nitrogens with one attached hydrogen (secondary N) is 2. The summed E-state index contributed by atoms with van der Waals surface area (Å²) >= 11 is 1.94. The highest BCUT2D eigenvalue weighted by Gasteiger charge is 2.42. The van der Waals surface area contributed by atoms with Gasteiger partial charge in [-0.2, -0.15) is 11.8 Å². The van der Waals surface area contributed by atoms with E-state index in [-0.39, 0.29) is 18.1 Å². The summed E-state index contributed by atoms with van der Waals surface area (Å²) in [6, 6.07) is 20.6. The maximum Gasteiger partial charge on any atom is 0.315 e. The van der Waals surface area contributed by atoms with Crippen LogP contribution in [0.2, 0.25) is 0 Å². The van der Waals surface area contributed by atoms with Gasteiger partial charge in [0.15, 0.2) is 0 Å². The first-order valence-electron chi connectivity index (χ1n) is 16.7. The average molecular weight is 661 g/mol. The second kappa shape index (κ2) is 15.9. The van der Waals surface area contributed by atoms with E-state index in [1.807, 2.05) is 11.8 Å². The SMILES string of the molecule is O=C(CCCC[C@@H]1SC[C@@H]2NC(=O)N[C@@H]21)CCCSSCCC(=O)CCCCCc1ccc2ccc3cccc4ccc1c2c34. The molecule has 45 heavy (non-hydrogen) atoms. The summed E-state index contributed by atoms with van der Waals surface area (Å²) in [4.78, 5) is 36.2. The van der Waals surface area contributed by atoms with E-state index in [0.29, 0.717) is 42.5 Å². The Labute approximate surface area is 278 Å². The standard InChI is InChI=1S/C37H44N2O3S3/c40-29(12-4-5-14-33-36-32(24-43-33)38-37(42)39-36)13-7-22-44-45-23-21-30(41)11-3-1-2-8-25-15-16-28-18-17-26-9-6-10-27-19-20-31(25)35(28)34(26)27/h6,9-10,15-20,32-33,36H,1-5,7-8,11-14,21-24H2,(H2,38,39,42)/t32-,33-,36-/m0/s1. The van der Waals surface area contributed by atoms with Crippen LogP contribution in [0.5, 0.6) is 0 Å². The second-order valence-electron chi connectivity index (χ2n) is 12.6. The average Bonchev–Trinajstić information content (AvgIpc) is 3.60. The van der Waals surface area contributed by atoms with Crippen molar-refractivity contribution in [2.75, 3.05) is 17.3 Å². The second-order valence-corrected chi connectivity index (χ2v) is 16.6. The molecule has 2 aliphatic heterocycles. The van der Waals surface area contributed by atoms with E-state index in [1.54, 1.807) is 21.6 Å². The Morgan fingerprint density at radius 2 is 1.40 bits per heavy atom. The number of hydrogen-bond acceptors (Lipinski definition) is 6. The molecule has 2 amide bonds. The number of urea groups is 1. The first kappa shape index (κ1) is 32.5. The van der Waals surface area contributed by atoms with E-state index in [0.717, 1.165) is 68.6 Å². The number of benzene rings is 4. The zero-order chi connectivity index (χ0) is 31.0. The van der Waals surface area contributed by atoms with E-state index in [2.05, 4.69) is 65.2 Å². The smallest absolute Gasteiger partial charge is 0.315 e.